The van der Waals surface area contributed by atoms with Crippen molar-refractivity contribution in [3.05, 3.63) is 0 Å². The number of hydrogen-bond donors (Lipinski definition) is 1. The molecule has 1 rings (SSSR count). The van der Waals surface area contributed by atoms with Gasteiger partial charge in [0.05, 0.1) is 0 Å². The maximum absolute atomic E-state index is 2.64. The van der Waals surface area contributed by atoms with Crippen molar-refractivity contribution in [2.24, 2.45) is 5.92 Å². The Morgan fingerprint density at radius 3 is 2.00 bits per heavy atom. The second-order valence-electron chi connectivity index (χ2n) is 5.86. The lowest BCUT2D eigenvalue weighted by Gasteiger charge is -2.41. The molecule has 86 valence electrons. The average molecular weight is 217 g/mol. The molecule has 1 nitrogen and oxygen atoms in total. The Morgan fingerprint density at radius 2 is 1.64 bits per heavy atom. The molecule has 0 bridgehead atoms. The molecule has 1 heterocycles. The molecule has 0 spiro atoms. The van der Waals surface area contributed by atoms with Crippen molar-refractivity contribution in [1.82, 2.24) is 4.90 Å². The molecule has 0 aromatic heterocycles. The molecule has 1 fully saturated rings. The van der Waals surface area contributed by atoms with Gasteiger partial charge < -0.3 is 0 Å². The van der Waals surface area contributed by atoms with Gasteiger partial charge in [0, 0.05) is 5.54 Å². The van der Waals surface area contributed by atoms with E-state index in [-0.39, 0.29) is 0 Å². The lowest BCUT2D eigenvalue weighted by Crippen LogP contribution is -2.46. The first-order valence-electron chi connectivity index (χ1n) is 5.79. The fourth-order valence-corrected chi connectivity index (χ4v) is 3.70. The monoisotopic (exact) mass is 217 g/mol. The van der Waals surface area contributed by atoms with Gasteiger partial charge in [0.15, 0.2) is 0 Å². The van der Waals surface area contributed by atoms with Crippen molar-refractivity contribution in [3.63, 3.8) is 0 Å². The Kier molecular flexibility index (Phi) is 4.32. The standard InChI is InChI=1S/C12H27NS/c1-12(2,3)13-8-6-11(7-9-13)10-14(4)5/h11,14H,6-10H2,1-5H3. The SMILES string of the molecule is C[SH](C)CC1CCN(C(C)(C)C)CC1. The highest BCUT2D eigenvalue weighted by molar-refractivity contribution is 8.15. The number of nitrogens with zero attached hydrogens (tertiary/aromatic N) is 1. The van der Waals surface area contributed by atoms with Crippen LogP contribution in [0.15, 0.2) is 0 Å². The minimum atomic E-state index is 0.316. The minimum absolute atomic E-state index is 0.316. The number of likely N-dealkylation sites (tertiary alicyclic amines) is 1. The van der Waals surface area contributed by atoms with Gasteiger partial charge in [-0.3, -0.25) is 15.8 Å². The van der Waals surface area contributed by atoms with E-state index in [1.165, 1.54) is 31.7 Å². The predicted molar refractivity (Wildman–Crippen MR) is 69.8 cm³/mol. The second-order valence-corrected chi connectivity index (χ2v) is 8.39. The van der Waals surface area contributed by atoms with Crippen LogP contribution in [0.3, 0.4) is 0 Å². The molecule has 0 saturated carbocycles. The molecule has 0 aliphatic carbocycles. The summed E-state index contributed by atoms with van der Waals surface area (Å²) >= 11 is 0. The molecule has 0 radical (unpaired) electrons. The van der Waals surface area contributed by atoms with Gasteiger partial charge in [-0.15, -0.1) is 0 Å². The molecule has 1 aliphatic heterocycles. The van der Waals surface area contributed by atoms with Gasteiger partial charge in [-0.25, -0.2) is 0 Å². The van der Waals surface area contributed by atoms with Gasteiger partial charge in [-0.05, 0) is 70.9 Å². The normalized spacial score (nSPS) is 22.5. The van der Waals surface area contributed by atoms with Crippen LogP contribution in [-0.4, -0.2) is 41.8 Å². The summed E-state index contributed by atoms with van der Waals surface area (Å²) in [4.78, 5) is 2.64. The summed E-state index contributed by atoms with van der Waals surface area (Å²) in [5.74, 6) is 2.52. The third kappa shape index (κ3) is 3.82. The lowest BCUT2D eigenvalue weighted by atomic mass is 9.94. The molecular formula is C12H27NS. The van der Waals surface area contributed by atoms with E-state index < -0.39 is 0 Å². The van der Waals surface area contributed by atoms with Gasteiger partial charge in [0.2, 0.25) is 0 Å². The zero-order valence-electron chi connectivity index (χ0n) is 10.5. The summed E-state index contributed by atoms with van der Waals surface area (Å²) in [6.07, 6.45) is 7.67. The molecule has 2 heteroatoms. The smallest absolute Gasteiger partial charge is 0.0125 e. The number of hydrogen-bond acceptors (Lipinski definition) is 1. The molecule has 0 aromatic rings. The van der Waals surface area contributed by atoms with Crippen LogP contribution in [0.2, 0.25) is 0 Å². The predicted octanol–water partition coefficient (Wildman–Crippen LogP) is 2.76. The van der Waals surface area contributed by atoms with Crippen molar-refractivity contribution in [3.8, 4) is 0 Å². The summed E-state index contributed by atoms with van der Waals surface area (Å²) in [5, 5.41) is 0. The van der Waals surface area contributed by atoms with Crippen LogP contribution in [0.25, 0.3) is 0 Å². The Hall–Kier alpha value is 0.310. The van der Waals surface area contributed by atoms with Crippen LogP contribution in [0, 0.1) is 5.92 Å². The van der Waals surface area contributed by atoms with Crippen molar-refractivity contribution in [2.75, 3.05) is 31.4 Å². The van der Waals surface area contributed by atoms with Crippen molar-refractivity contribution in [2.45, 2.75) is 39.2 Å². The topological polar surface area (TPSA) is 3.24 Å². The number of piperidine rings is 1. The van der Waals surface area contributed by atoms with Crippen LogP contribution in [-0.2, 0) is 0 Å². The first kappa shape index (κ1) is 12.4. The highest BCUT2D eigenvalue weighted by Gasteiger charge is 2.26. The van der Waals surface area contributed by atoms with Crippen molar-refractivity contribution >= 4 is 10.9 Å². The van der Waals surface area contributed by atoms with E-state index in [1.54, 1.807) is 0 Å². The van der Waals surface area contributed by atoms with Gasteiger partial charge in [0.1, 0.15) is 0 Å². The van der Waals surface area contributed by atoms with E-state index >= 15 is 0 Å². The van der Waals surface area contributed by atoms with Crippen LogP contribution in [0.5, 0.6) is 0 Å². The summed E-state index contributed by atoms with van der Waals surface area (Å²) in [5.41, 5.74) is 0.383. The van der Waals surface area contributed by atoms with E-state index in [9.17, 15) is 0 Å². The first-order valence-corrected chi connectivity index (χ1v) is 8.21. The third-order valence-electron chi connectivity index (χ3n) is 3.19. The average Bonchev–Trinajstić information content (AvgIpc) is 2.02. The fourth-order valence-electron chi connectivity index (χ4n) is 2.30. The van der Waals surface area contributed by atoms with Crippen molar-refractivity contribution < 1.29 is 0 Å². The summed E-state index contributed by atoms with van der Waals surface area (Å²) in [7, 11) is 0.316. The molecular weight excluding hydrogens is 190 g/mol. The molecule has 0 unspecified atom stereocenters. The quantitative estimate of drug-likeness (QED) is 0.696. The Bertz CT molecular complexity index is 164. The molecule has 0 N–H and O–H groups in total. The number of rotatable bonds is 2. The van der Waals surface area contributed by atoms with Crippen LogP contribution in [0.4, 0.5) is 0 Å². The maximum Gasteiger partial charge on any atom is 0.0125 e. The van der Waals surface area contributed by atoms with Gasteiger partial charge in [-0.1, -0.05) is 0 Å². The second kappa shape index (κ2) is 4.89. The highest BCUT2D eigenvalue weighted by atomic mass is 32.2. The molecule has 14 heavy (non-hydrogen) atoms. The summed E-state index contributed by atoms with van der Waals surface area (Å²) < 4.78 is 0. The molecule has 1 aliphatic rings. The molecule has 0 aromatic carbocycles. The largest absolute Gasteiger partial charge is 0.298 e. The molecule has 0 amide bonds. The lowest BCUT2D eigenvalue weighted by molar-refractivity contribution is 0.0925. The van der Waals surface area contributed by atoms with Crippen LogP contribution in [0.1, 0.15) is 33.6 Å². The molecule has 1 saturated heterocycles. The third-order valence-corrected chi connectivity index (χ3v) is 4.43. The van der Waals surface area contributed by atoms with Gasteiger partial charge >= 0.3 is 0 Å². The van der Waals surface area contributed by atoms with Gasteiger partial charge in [0.25, 0.3) is 0 Å². The zero-order chi connectivity index (χ0) is 10.8. The highest BCUT2D eigenvalue weighted by Crippen LogP contribution is 2.28. The van der Waals surface area contributed by atoms with Crippen LogP contribution >= 0.6 is 10.9 Å². The van der Waals surface area contributed by atoms with Crippen molar-refractivity contribution in [1.29, 1.82) is 0 Å². The zero-order valence-corrected chi connectivity index (χ0v) is 11.4. The Morgan fingerprint density at radius 1 is 1.14 bits per heavy atom. The summed E-state index contributed by atoms with van der Waals surface area (Å²) in [6, 6.07) is 0. The fraction of sp³-hybridized carbons (Fsp3) is 1.00. The minimum Gasteiger partial charge on any atom is -0.298 e. The Labute approximate surface area is 92.6 Å². The van der Waals surface area contributed by atoms with E-state index in [2.05, 4.69) is 38.2 Å². The molecule has 0 atom stereocenters. The maximum atomic E-state index is 2.64. The van der Waals surface area contributed by atoms with E-state index in [0.717, 1.165) is 5.92 Å². The van der Waals surface area contributed by atoms with E-state index in [4.69, 9.17) is 0 Å². The van der Waals surface area contributed by atoms with E-state index in [1.807, 2.05) is 0 Å². The number of thiol groups is 1. The first-order chi connectivity index (χ1) is 6.39. The van der Waals surface area contributed by atoms with Gasteiger partial charge in [-0.2, -0.15) is 0 Å². The Balaban J connectivity index is 2.31. The summed E-state index contributed by atoms with van der Waals surface area (Å²) in [6.45, 7) is 9.63. The van der Waals surface area contributed by atoms with Crippen LogP contribution < -0.4 is 0 Å². The van der Waals surface area contributed by atoms with E-state index in [0.29, 0.717) is 16.4 Å².